The van der Waals surface area contributed by atoms with Crippen LogP contribution < -0.4 is 4.90 Å². The molecule has 2 amide bonds. The second-order valence-corrected chi connectivity index (χ2v) is 7.70. The topological polar surface area (TPSA) is 63.7 Å². The third-order valence-electron chi connectivity index (χ3n) is 4.58. The van der Waals surface area contributed by atoms with Crippen LogP contribution in [0.3, 0.4) is 0 Å². The van der Waals surface area contributed by atoms with E-state index in [0.29, 0.717) is 11.3 Å². The number of esters is 1. The van der Waals surface area contributed by atoms with Crippen molar-refractivity contribution in [2.75, 3.05) is 4.90 Å². The molecule has 0 aromatic heterocycles. The van der Waals surface area contributed by atoms with Crippen LogP contribution in [0, 0.1) is 0 Å². The van der Waals surface area contributed by atoms with E-state index in [1.807, 2.05) is 24.3 Å². The molecule has 2 aromatic rings. The number of anilines is 1. The summed E-state index contributed by atoms with van der Waals surface area (Å²) < 4.78 is 5.38. The van der Waals surface area contributed by atoms with Crippen molar-refractivity contribution in [2.24, 2.45) is 0 Å². The number of carbonyl (C=O) groups excluding carboxylic acids is 3. The molecule has 5 heteroatoms. The number of rotatable bonds is 4. The second-order valence-electron chi connectivity index (χ2n) is 7.70. The number of carbonyl (C=O) groups is 3. The summed E-state index contributed by atoms with van der Waals surface area (Å²) in [4.78, 5) is 37.2. The fraction of sp³-hybridized carbons (Fsp3) is 0.318. The third-order valence-corrected chi connectivity index (χ3v) is 4.58. The molecule has 0 saturated carbocycles. The van der Waals surface area contributed by atoms with Crippen LogP contribution in [0.1, 0.15) is 55.1 Å². The highest BCUT2D eigenvalue weighted by Crippen LogP contribution is 2.24. The first-order valence-electron chi connectivity index (χ1n) is 8.98. The van der Waals surface area contributed by atoms with Crippen molar-refractivity contribution < 1.29 is 19.1 Å². The number of amides is 2. The van der Waals surface area contributed by atoms with Crippen LogP contribution in [0.5, 0.6) is 0 Å². The molecule has 0 bridgehead atoms. The van der Waals surface area contributed by atoms with Crippen molar-refractivity contribution in [2.45, 2.75) is 45.6 Å². The first-order chi connectivity index (χ1) is 12.8. The SMILES string of the molecule is CC(C)(C)c1ccc(COC(=O)c2cccc(N3C(=O)CCC3=O)c2)cc1. The Morgan fingerprint density at radius 2 is 1.63 bits per heavy atom. The highest BCUT2D eigenvalue weighted by atomic mass is 16.5. The standard InChI is InChI=1S/C22H23NO4/c1-22(2,3)17-9-7-15(8-10-17)14-27-21(26)16-5-4-6-18(13-16)23-19(24)11-12-20(23)25/h4-10,13H,11-12,14H2,1-3H3. The lowest BCUT2D eigenvalue weighted by molar-refractivity contribution is -0.121. The van der Waals surface area contributed by atoms with Crippen molar-refractivity contribution >= 4 is 23.5 Å². The Morgan fingerprint density at radius 1 is 1.00 bits per heavy atom. The first-order valence-corrected chi connectivity index (χ1v) is 8.98. The molecule has 1 saturated heterocycles. The number of benzene rings is 2. The largest absolute Gasteiger partial charge is 0.457 e. The van der Waals surface area contributed by atoms with Crippen LogP contribution in [0.4, 0.5) is 5.69 Å². The van der Waals surface area contributed by atoms with Gasteiger partial charge in [-0.05, 0) is 34.7 Å². The molecule has 1 heterocycles. The molecule has 0 N–H and O–H groups in total. The molecule has 0 unspecified atom stereocenters. The maximum Gasteiger partial charge on any atom is 0.338 e. The van der Waals surface area contributed by atoms with Crippen LogP contribution in [-0.2, 0) is 26.3 Å². The summed E-state index contributed by atoms with van der Waals surface area (Å²) in [6.45, 7) is 6.59. The van der Waals surface area contributed by atoms with Crippen molar-refractivity contribution in [3.8, 4) is 0 Å². The molecule has 27 heavy (non-hydrogen) atoms. The molecule has 1 fully saturated rings. The number of nitrogens with zero attached hydrogens (tertiary/aromatic N) is 1. The van der Waals surface area contributed by atoms with Crippen LogP contribution in [0.15, 0.2) is 48.5 Å². The molecule has 5 nitrogen and oxygen atoms in total. The Morgan fingerprint density at radius 3 is 2.22 bits per heavy atom. The zero-order chi connectivity index (χ0) is 19.6. The molecular weight excluding hydrogens is 342 g/mol. The molecule has 1 aliphatic heterocycles. The summed E-state index contributed by atoms with van der Waals surface area (Å²) in [5.41, 5.74) is 2.90. The average Bonchev–Trinajstić information content (AvgIpc) is 2.98. The Labute approximate surface area is 158 Å². The van der Waals surface area contributed by atoms with Gasteiger partial charge in [-0.15, -0.1) is 0 Å². The summed E-state index contributed by atoms with van der Waals surface area (Å²) in [5.74, 6) is -0.982. The molecule has 0 aliphatic carbocycles. The van der Waals surface area contributed by atoms with E-state index in [1.165, 1.54) is 11.6 Å². The lowest BCUT2D eigenvalue weighted by atomic mass is 9.87. The molecule has 0 spiro atoms. The monoisotopic (exact) mass is 365 g/mol. The van der Waals surface area contributed by atoms with Gasteiger partial charge in [0.15, 0.2) is 0 Å². The molecule has 0 radical (unpaired) electrons. The number of ether oxygens (including phenoxy) is 1. The predicted molar refractivity (Wildman–Crippen MR) is 102 cm³/mol. The van der Waals surface area contributed by atoms with Gasteiger partial charge in [-0.25, -0.2) is 4.79 Å². The van der Waals surface area contributed by atoms with Crippen LogP contribution in [0.25, 0.3) is 0 Å². The molecule has 3 rings (SSSR count). The van der Waals surface area contributed by atoms with Gasteiger partial charge < -0.3 is 4.74 Å². The zero-order valence-electron chi connectivity index (χ0n) is 15.8. The van der Waals surface area contributed by atoms with Gasteiger partial charge in [-0.3, -0.25) is 14.5 Å². The Bertz CT molecular complexity index is 862. The lowest BCUT2D eigenvalue weighted by Gasteiger charge is -2.19. The minimum Gasteiger partial charge on any atom is -0.457 e. The summed E-state index contributed by atoms with van der Waals surface area (Å²) >= 11 is 0. The minimum atomic E-state index is -0.490. The van der Waals surface area contributed by atoms with Crippen LogP contribution in [-0.4, -0.2) is 17.8 Å². The van der Waals surface area contributed by atoms with Crippen LogP contribution >= 0.6 is 0 Å². The fourth-order valence-corrected chi connectivity index (χ4v) is 2.97. The van der Waals surface area contributed by atoms with Gasteiger partial charge in [0.25, 0.3) is 0 Å². The second kappa shape index (κ2) is 7.35. The van der Waals surface area contributed by atoms with Gasteiger partial charge in [0, 0.05) is 12.8 Å². The Balaban J connectivity index is 1.67. The van der Waals surface area contributed by atoms with Gasteiger partial charge in [0.2, 0.25) is 11.8 Å². The smallest absolute Gasteiger partial charge is 0.338 e. The number of imide groups is 1. The zero-order valence-corrected chi connectivity index (χ0v) is 15.8. The summed E-state index contributed by atoms with van der Waals surface area (Å²) in [7, 11) is 0. The first kappa shape index (κ1) is 18.8. The highest BCUT2D eigenvalue weighted by molar-refractivity contribution is 6.20. The van der Waals surface area contributed by atoms with Gasteiger partial charge in [0.1, 0.15) is 6.61 Å². The van der Waals surface area contributed by atoms with Crippen molar-refractivity contribution in [1.29, 1.82) is 0 Å². The molecule has 140 valence electrons. The molecule has 1 aliphatic rings. The summed E-state index contributed by atoms with van der Waals surface area (Å²) in [5, 5.41) is 0. The number of hydrogen-bond donors (Lipinski definition) is 0. The Kier molecular flexibility index (Phi) is 5.13. The summed E-state index contributed by atoms with van der Waals surface area (Å²) in [6.07, 6.45) is 0.413. The van der Waals surface area contributed by atoms with Crippen molar-refractivity contribution in [1.82, 2.24) is 0 Å². The molecular formula is C22H23NO4. The van der Waals surface area contributed by atoms with Crippen molar-refractivity contribution in [3.63, 3.8) is 0 Å². The molecule has 0 atom stereocenters. The minimum absolute atomic E-state index is 0.0695. The number of hydrogen-bond acceptors (Lipinski definition) is 4. The average molecular weight is 365 g/mol. The van der Waals surface area contributed by atoms with E-state index in [2.05, 4.69) is 20.8 Å². The van der Waals surface area contributed by atoms with Gasteiger partial charge in [-0.2, -0.15) is 0 Å². The highest BCUT2D eigenvalue weighted by Gasteiger charge is 2.30. The van der Waals surface area contributed by atoms with E-state index in [1.54, 1.807) is 18.2 Å². The normalized spacial score (nSPS) is 14.6. The van der Waals surface area contributed by atoms with E-state index >= 15 is 0 Å². The van der Waals surface area contributed by atoms with E-state index in [4.69, 9.17) is 4.74 Å². The lowest BCUT2D eigenvalue weighted by Crippen LogP contribution is -2.28. The van der Waals surface area contributed by atoms with E-state index in [-0.39, 0.29) is 36.7 Å². The van der Waals surface area contributed by atoms with E-state index in [9.17, 15) is 14.4 Å². The van der Waals surface area contributed by atoms with Gasteiger partial charge in [0.05, 0.1) is 11.3 Å². The fourth-order valence-electron chi connectivity index (χ4n) is 2.97. The van der Waals surface area contributed by atoms with Crippen LogP contribution in [0.2, 0.25) is 0 Å². The van der Waals surface area contributed by atoms with Crippen molar-refractivity contribution in [3.05, 3.63) is 65.2 Å². The van der Waals surface area contributed by atoms with E-state index in [0.717, 1.165) is 10.5 Å². The van der Waals surface area contributed by atoms with E-state index < -0.39 is 5.97 Å². The Hall–Kier alpha value is -2.95. The maximum atomic E-state index is 12.4. The third kappa shape index (κ3) is 4.25. The van der Waals surface area contributed by atoms with Gasteiger partial charge >= 0.3 is 5.97 Å². The molecule has 2 aromatic carbocycles. The summed E-state index contributed by atoms with van der Waals surface area (Å²) in [6, 6.07) is 14.4. The maximum absolute atomic E-state index is 12.4. The van der Waals surface area contributed by atoms with Gasteiger partial charge in [-0.1, -0.05) is 51.1 Å². The quantitative estimate of drug-likeness (QED) is 0.607. The predicted octanol–water partition coefficient (Wildman–Crippen LogP) is 3.99.